The molecular formula is C21H23N3O6S2. The molecular weight excluding hydrogens is 454 g/mol. The molecule has 4 rings (SSSR count). The molecule has 1 aromatic heterocycles. The average Bonchev–Trinajstić information content (AvgIpc) is 3.29. The fraction of sp³-hybridized carbons (Fsp3) is 0.381. The van der Waals surface area contributed by atoms with Gasteiger partial charge in [0.1, 0.15) is 16.3 Å². The summed E-state index contributed by atoms with van der Waals surface area (Å²) in [6, 6.07) is 8.22. The van der Waals surface area contributed by atoms with Gasteiger partial charge in [-0.05, 0) is 43.3 Å². The third kappa shape index (κ3) is 4.27. The maximum Gasteiger partial charge on any atom is 0.350 e. The lowest BCUT2D eigenvalue weighted by Gasteiger charge is -2.30. The number of thiophene rings is 1. The van der Waals surface area contributed by atoms with Crippen molar-refractivity contribution in [2.75, 3.05) is 29.9 Å². The number of rotatable bonds is 5. The van der Waals surface area contributed by atoms with Crippen LogP contribution in [-0.2, 0) is 24.3 Å². The first-order valence-corrected chi connectivity index (χ1v) is 12.6. The van der Waals surface area contributed by atoms with Crippen LogP contribution in [0.2, 0.25) is 0 Å². The fourth-order valence-electron chi connectivity index (χ4n) is 3.81. The highest BCUT2D eigenvalue weighted by Gasteiger charge is 2.35. The number of hydrogen-bond acceptors (Lipinski definition) is 7. The molecule has 3 heterocycles. The van der Waals surface area contributed by atoms with Gasteiger partial charge in [-0.15, -0.1) is 11.3 Å². The van der Waals surface area contributed by atoms with Gasteiger partial charge in [0.25, 0.3) is 5.91 Å². The number of carbonyl (C=O) groups excluding carboxylic acids is 3. The molecule has 1 unspecified atom stereocenters. The first kappa shape index (κ1) is 22.4. The number of nitrogens with zero attached hydrogens (tertiary/aromatic N) is 2. The second-order valence-corrected chi connectivity index (χ2v) is 10.4. The Morgan fingerprint density at radius 1 is 1.12 bits per heavy atom. The van der Waals surface area contributed by atoms with E-state index in [0.29, 0.717) is 24.5 Å². The zero-order chi connectivity index (χ0) is 22.9. The van der Waals surface area contributed by atoms with Crippen molar-refractivity contribution in [1.82, 2.24) is 4.31 Å². The quantitative estimate of drug-likeness (QED) is 0.662. The molecule has 2 amide bonds. The monoisotopic (exact) mass is 477 g/mol. The maximum absolute atomic E-state index is 13.0. The van der Waals surface area contributed by atoms with Gasteiger partial charge in [-0.3, -0.25) is 14.5 Å². The average molecular weight is 478 g/mol. The number of sulfonamides is 1. The highest BCUT2D eigenvalue weighted by Crippen LogP contribution is 2.31. The van der Waals surface area contributed by atoms with Crippen LogP contribution in [-0.4, -0.2) is 56.2 Å². The van der Waals surface area contributed by atoms with Crippen LogP contribution in [0.4, 0.5) is 11.4 Å². The van der Waals surface area contributed by atoms with Crippen molar-refractivity contribution in [3.63, 3.8) is 0 Å². The molecule has 0 aliphatic carbocycles. The summed E-state index contributed by atoms with van der Waals surface area (Å²) in [4.78, 5) is 38.9. The van der Waals surface area contributed by atoms with Gasteiger partial charge in [0, 0.05) is 13.1 Å². The van der Waals surface area contributed by atoms with E-state index in [9.17, 15) is 22.8 Å². The first-order chi connectivity index (χ1) is 15.3. The summed E-state index contributed by atoms with van der Waals surface area (Å²) in [6.45, 7) is 2.03. The van der Waals surface area contributed by atoms with Gasteiger partial charge in [-0.25, -0.2) is 13.2 Å². The van der Waals surface area contributed by atoms with Crippen LogP contribution in [0.1, 0.15) is 35.9 Å². The zero-order valence-electron chi connectivity index (χ0n) is 17.4. The third-order valence-corrected chi connectivity index (χ3v) is 8.38. The molecule has 1 N–H and O–H groups in total. The zero-order valence-corrected chi connectivity index (χ0v) is 19.1. The van der Waals surface area contributed by atoms with Gasteiger partial charge >= 0.3 is 5.97 Å². The fourth-order valence-corrected chi connectivity index (χ4v) is 6.60. The molecule has 32 heavy (non-hydrogen) atoms. The summed E-state index contributed by atoms with van der Waals surface area (Å²) < 4.78 is 32.8. The third-order valence-electron chi connectivity index (χ3n) is 5.42. The van der Waals surface area contributed by atoms with Crippen molar-refractivity contribution in [1.29, 1.82) is 0 Å². The van der Waals surface area contributed by atoms with Crippen LogP contribution < -0.4 is 10.2 Å². The molecule has 9 nitrogen and oxygen atoms in total. The van der Waals surface area contributed by atoms with E-state index in [4.69, 9.17) is 4.74 Å². The van der Waals surface area contributed by atoms with Crippen LogP contribution in [0.15, 0.2) is 40.6 Å². The molecule has 1 saturated heterocycles. The Hall–Kier alpha value is -2.76. The molecule has 2 aliphatic rings. The number of hydrogen-bond donors (Lipinski definition) is 1. The van der Waals surface area contributed by atoms with E-state index in [1.54, 1.807) is 24.3 Å². The number of amides is 2. The molecule has 0 saturated carbocycles. The number of esters is 1. The Balaban J connectivity index is 1.51. The number of anilines is 2. The van der Waals surface area contributed by atoms with Gasteiger partial charge in [-0.1, -0.05) is 18.6 Å². The highest BCUT2D eigenvalue weighted by atomic mass is 32.2. The maximum atomic E-state index is 13.0. The topological polar surface area (TPSA) is 113 Å². The van der Waals surface area contributed by atoms with Gasteiger partial charge in [-0.2, -0.15) is 4.31 Å². The molecule has 0 spiro atoms. The van der Waals surface area contributed by atoms with Crippen molar-refractivity contribution < 1.29 is 27.5 Å². The Labute approximate surface area is 190 Å². The Bertz CT molecular complexity index is 1150. The SMILES string of the molecule is CC(OC(=O)c1sccc1S(=O)(=O)N1CCCCC1)C(=O)N1CC(=O)Nc2ccccc21. The van der Waals surface area contributed by atoms with Crippen LogP contribution in [0.25, 0.3) is 0 Å². The normalized spacial score (nSPS) is 17.9. The molecule has 0 radical (unpaired) electrons. The van der Waals surface area contributed by atoms with Crippen LogP contribution >= 0.6 is 11.3 Å². The van der Waals surface area contributed by atoms with Crippen molar-refractivity contribution >= 4 is 50.5 Å². The molecule has 170 valence electrons. The molecule has 0 bridgehead atoms. The Kier molecular flexibility index (Phi) is 6.31. The minimum absolute atomic E-state index is 0.0630. The van der Waals surface area contributed by atoms with Crippen molar-refractivity contribution in [3.05, 3.63) is 40.6 Å². The van der Waals surface area contributed by atoms with Gasteiger partial charge in [0.15, 0.2) is 6.10 Å². The van der Waals surface area contributed by atoms with Gasteiger partial charge in [0.05, 0.1) is 11.4 Å². The number of carbonyl (C=O) groups is 3. The van der Waals surface area contributed by atoms with E-state index >= 15 is 0 Å². The number of piperidine rings is 1. The summed E-state index contributed by atoms with van der Waals surface area (Å²) >= 11 is 0.957. The van der Waals surface area contributed by atoms with E-state index in [1.807, 2.05) is 0 Å². The predicted molar refractivity (Wildman–Crippen MR) is 119 cm³/mol. The second-order valence-electron chi connectivity index (χ2n) is 7.62. The first-order valence-electron chi connectivity index (χ1n) is 10.3. The largest absolute Gasteiger partial charge is 0.448 e. The van der Waals surface area contributed by atoms with Crippen molar-refractivity contribution in [2.45, 2.75) is 37.2 Å². The summed E-state index contributed by atoms with van der Waals surface area (Å²) in [5.74, 6) is -1.81. The van der Waals surface area contributed by atoms with Crippen LogP contribution in [0.3, 0.4) is 0 Å². The van der Waals surface area contributed by atoms with E-state index in [0.717, 1.165) is 30.6 Å². The number of fused-ring (bicyclic) bond motifs is 1. The summed E-state index contributed by atoms with van der Waals surface area (Å²) in [7, 11) is -3.82. The lowest BCUT2D eigenvalue weighted by molar-refractivity contribution is -0.128. The minimum atomic E-state index is -3.82. The van der Waals surface area contributed by atoms with Crippen molar-refractivity contribution in [3.8, 4) is 0 Å². The summed E-state index contributed by atoms with van der Waals surface area (Å²) in [5, 5.41) is 4.21. The van der Waals surface area contributed by atoms with Crippen molar-refractivity contribution in [2.24, 2.45) is 0 Å². The number of ether oxygens (including phenoxy) is 1. The molecule has 1 fully saturated rings. The minimum Gasteiger partial charge on any atom is -0.448 e. The standard InChI is InChI=1S/C21H23N3O6S2/c1-14(20(26)24-13-18(25)22-15-7-3-4-8-16(15)24)30-21(27)19-17(9-12-31-19)32(28,29)23-10-5-2-6-11-23/h3-4,7-9,12,14H,2,5-6,10-11,13H2,1H3,(H,22,25). The van der Waals surface area contributed by atoms with Crippen LogP contribution in [0, 0.1) is 0 Å². The molecule has 1 atom stereocenters. The smallest absolute Gasteiger partial charge is 0.350 e. The summed E-state index contributed by atoms with van der Waals surface area (Å²) in [6.07, 6.45) is 1.31. The van der Waals surface area contributed by atoms with E-state index < -0.39 is 28.0 Å². The van der Waals surface area contributed by atoms with Gasteiger partial charge in [0.2, 0.25) is 15.9 Å². The number of benzene rings is 1. The number of nitrogens with one attached hydrogen (secondary N) is 1. The lowest BCUT2D eigenvalue weighted by atomic mass is 10.1. The molecule has 2 aliphatic heterocycles. The predicted octanol–water partition coefficient (Wildman–Crippen LogP) is 2.45. The van der Waals surface area contributed by atoms with E-state index in [2.05, 4.69) is 5.32 Å². The Morgan fingerprint density at radius 2 is 1.84 bits per heavy atom. The van der Waals surface area contributed by atoms with E-state index in [1.165, 1.54) is 27.6 Å². The Morgan fingerprint density at radius 3 is 2.59 bits per heavy atom. The summed E-state index contributed by atoms with van der Waals surface area (Å²) in [5.41, 5.74) is 0.994. The van der Waals surface area contributed by atoms with Crippen LogP contribution in [0.5, 0.6) is 0 Å². The molecule has 11 heteroatoms. The highest BCUT2D eigenvalue weighted by molar-refractivity contribution is 7.89. The molecule has 2 aromatic rings. The second kappa shape index (κ2) is 9.00. The number of para-hydroxylation sites is 2. The molecule has 1 aromatic carbocycles. The van der Waals surface area contributed by atoms with E-state index in [-0.39, 0.29) is 22.2 Å². The van der Waals surface area contributed by atoms with Gasteiger partial charge < -0.3 is 10.1 Å². The lowest BCUT2D eigenvalue weighted by Crippen LogP contribution is -2.47.